The molecule has 0 bridgehead atoms. The minimum absolute atomic E-state index is 0.135. The smallest absolute Gasteiger partial charge is 0.311 e. The van der Waals surface area contributed by atoms with Crippen LogP contribution in [0.25, 0.3) is 0 Å². The Morgan fingerprint density at radius 1 is 1.28 bits per heavy atom. The van der Waals surface area contributed by atoms with Gasteiger partial charge in [-0.15, -0.1) is 0 Å². The Balaban J connectivity index is 2.10. The Morgan fingerprint density at radius 2 is 1.96 bits per heavy atom. The molecule has 0 saturated heterocycles. The van der Waals surface area contributed by atoms with Gasteiger partial charge in [0.25, 0.3) is 0 Å². The number of benzene rings is 1. The highest BCUT2D eigenvalue weighted by molar-refractivity contribution is 5.77. The van der Waals surface area contributed by atoms with Gasteiger partial charge in [-0.05, 0) is 74.5 Å². The molecule has 0 amide bonds. The predicted octanol–water partition coefficient (Wildman–Crippen LogP) is 3.07. The number of fused-ring (bicyclic) bond motifs is 3. The molecule has 3 rings (SSSR count). The zero-order valence-corrected chi connectivity index (χ0v) is 15.9. The molecule has 138 valence electrons. The van der Waals surface area contributed by atoms with Crippen molar-refractivity contribution in [3.63, 3.8) is 0 Å². The van der Waals surface area contributed by atoms with Crippen LogP contribution in [0.4, 0.5) is 0 Å². The molecule has 1 aromatic rings. The number of aryl methyl sites for hydroxylation is 1. The van der Waals surface area contributed by atoms with Gasteiger partial charge in [0, 0.05) is 0 Å². The van der Waals surface area contributed by atoms with Gasteiger partial charge in [-0.2, -0.15) is 0 Å². The summed E-state index contributed by atoms with van der Waals surface area (Å²) in [5.41, 5.74) is 1.50. The van der Waals surface area contributed by atoms with E-state index in [1.54, 1.807) is 13.8 Å². The third kappa shape index (κ3) is 2.80. The molecule has 1 saturated carbocycles. The average Bonchev–Trinajstić information content (AvgIpc) is 2.51. The van der Waals surface area contributed by atoms with E-state index in [0.29, 0.717) is 12.8 Å². The second-order valence-corrected chi connectivity index (χ2v) is 8.91. The molecule has 0 aliphatic heterocycles. The molecular weight excluding hydrogens is 316 g/mol. The van der Waals surface area contributed by atoms with Gasteiger partial charge >= 0.3 is 5.97 Å². The lowest BCUT2D eigenvalue weighted by Gasteiger charge is -2.55. The van der Waals surface area contributed by atoms with Crippen molar-refractivity contribution in [3.05, 3.63) is 34.9 Å². The minimum atomic E-state index is -0.876. The molecule has 0 aromatic heterocycles. The van der Waals surface area contributed by atoms with Crippen molar-refractivity contribution in [2.45, 2.75) is 70.5 Å². The van der Waals surface area contributed by atoms with Crippen molar-refractivity contribution in [2.75, 3.05) is 7.11 Å². The second kappa shape index (κ2) is 5.82. The van der Waals surface area contributed by atoms with E-state index >= 15 is 0 Å². The first-order valence-corrected chi connectivity index (χ1v) is 9.15. The highest BCUT2D eigenvalue weighted by atomic mass is 16.5. The van der Waals surface area contributed by atoms with Gasteiger partial charge in [0.05, 0.1) is 24.2 Å². The van der Waals surface area contributed by atoms with Gasteiger partial charge in [0.15, 0.2) is 0 Å². The monoisotopic (exact) mass is 346 g/mol. The molecule has 4 heteroatoms. The van der Waals surface area contributed by atoms with Gasteiger partial charge in [-0.25, -0.2) is 0 Å². The first-order chi connectivity index (χ1) is 11.5. The standard InChI is InChI=1S/C21H30O4/c1-19(2,24)14-7-8-16-13(10-14)6-9-17-20(16,3)11-15(22)12-21(17,4)18(23)25-5/h7-8,10,15,17,22,24H,6,9,11-12H2,1-5H3/t15-,17-,20-,21-/m1/s1. The van der Waals surface area contributed by atoms with Gasteiger partial charge in [-0.1, -0.05) is 25.1 Å². The normalized spacial score (nSPS) is 34.8. The average molecular weight is 346 g/mol. The summed E-state index contributed by atoms with van der Waals surface area (Å²) in [6.45, 7) is 7.70. The van der Waals surface area contributed by atoms with Crippen molar-refractivity contribution in [1.82, 2.24) is 0 Å². The third-order valence-corrected chi connectivity index (χ3v) is 6.64. The summed E-state index contributed by atoms with van der Waals surface area (Å²) in [5, 5.41) is 20.9. The molecule has 0 spiro atoms. The van der Waals surface area contributed by atoms with Gasteiger partial charge in [-0.3, -0.25) is 4.79 Å². The molecular formula is C21H30O4. The van der Waals surface area contributed by atoms with E-state index in [9.17, 15) is 15.0 Å². The fourth-order valence-corrected chi connectivity index (χ4v) is 5.47. The Hall–Kier alpha value is -1.39. The minimum Gasteiger partial charge on any atom is -0.469 e. The second-order valence-electron chi connectivity index (χ2n) is 8.91. The first kappa shape index (κ1) is 18.4. The fraction of sp³-hybridized carbons (Fsp3) is 0.667. The maximum atomic E-state index is 12.6. The molecule has 0 heterocycles. The summed E-state index contributed by atoms with van der Waals surface area (Å²) in [4.78, 5) is 12.6. The van der Waals surface area contributed by atoms with Crippen LogP contribution < -0.4 is 0 Å². The summed E-state index contributed by atoms with van der Waals surface area (Å²) >= 11 is 0. The summed E-state index contributed by atoms with van der Waals surface area (Å²) in [7, 11) is 1.43. The Morgan fingerprint density at radius 3 is 2.56 bits per heavy atom. The van der Waals surface area contributed by atoms with Crippen LogP contribution in [0.1, 0.15) is 63.6 Å². The molecule has 2 aliphatic rings. The van der Waals surface area contributed by atoms with Crippen LogP contribution >= 0.6 is 0 Å². The topological polar surface area (TPSA) is 66.8 Å². The van der Waals surface area contributed by atoms with Crippen LogP contribution in [0, 0.1) is 11.3 Å². The van der Waals surface area contributed by atoms with E-state index in [1.165, 1.54) is 18.2 Å². The molecule has 4 atom stereocenters. The van der Waals surface area contributed by atoms with E-state index < -0.39 is 17.1 Å². The quantitative estimate of drug-likeness (QED) is 0.808. The number of ether oxygens (including phenoxy) is 1. The van der Waals surface area contributed by atoms with Crippen LogP contribution in [-0.4, -0.2) is 29.4 Å². The third-order valence-electron chi connectivity index (χ3n) is 6.64. The number of aliphatic hydroxyl groups is 2. The molecule has 2 N–H and O–H groups in total. The van der Waals surface area contributed by atoms with E-state index in [1.807, 2.05) is 13.0 Å². The van der Waals surface area contributed by atoms with Crippen LogP contribution in [0.2, 0.25) is 0 Å². The lowest BCUT2D eigenvalue weighted by molar-refractivity contribution is -0.166. The number of rotatable bonds is 2. The summed E-state index contributed by atoms with van der Waals surface area (Å²) in [6.07, 6.45) is 2.35. The summed E-state index contributed by atoms with van der Waals surface area (Å²) in [5.74, 6) is -0.0876. The van der Waals surface area contributed by atoms with Crippen molar-refractivity contribution in [3.8, 4) is 0 Å². The number of hydrogen-bond acceptors (Lipinski definition) is 4. The van der Waals surface area contributed by atoms with E-state index in [2.05, 4.69) is 19.1 Å². The lowest BCUT2D eigenvalue weighted by atomic mass is 9.49. The van der Waals surface area contributed by atoms with Crippen molar-refractivity contribution in [2.24, 2.45) is 11.3 Å². The Kier molecular flexibility index (Phi) is 4.28. The molecule has 25 heavy (non-hydrogen) atoms. The highest BCUT2D eigenvalue weighted by Crippen LogP contribution is 2.57. The van der Waals surface area contributed by atoms with Crippen LogP contribution in [0.5, 0.6) is 0 Å². The maximum Gasteiger partial charge on any atom is 0.311 e. The predicted molar refractivity (Wildman–Crippen MR) is 96.2 cm³/mol. The fourth-order valence-electron chi connectivity index (χ4n) is 5.47. The maximum absolute atomic E-state index is 12.6. The first-order valence-electron chi connectivity index (χ1n) is 9.15. The zero-order chi connectivity index (χ0) is 18.6. The lowest BCUT2D eigenvalue weighted by Crippen LogP contribution is -2.56. The Bertz CT molecular complexity index is 690. The molecule has 0 radical (unpaired) electrons. The van der Waals surface area contributed by atoms with Crippen LogP contribution in [0.15, 0.2) is 18.2 Å². The summed E-state index contributed by atoms with van der Waals surface area (Å²) in [6, 6.07) is 6.15. The molecule has 4 nitrogen and oxygen atoms in total. The van der Waals surface area contributed by atoms with Crippen molar-refractivity contribution >= 4 is 5.97 Å². The Labute approximate surface area is 150 Å². The summed E-state index contributed by atoms with van der Waals surface area (Å²) < 4.78 is 5.10. The van der Waals surface area contributed by atoms with Gasteiger partial charge in [0.2, 0.25) is 0 Å². The van der Waals surface area contributed by atoms with Gasteiger partial charge < -0.3 is 14.9 Å². The SMILES string of the molecule is COC(=O)[C@]1(C)C[C@H](O)C[C@]2(C)c3ccc(C(C)(C)O)cc3CC[C@@H]12. The van der Waals surface area contributed by atoms with E-state index in [4.69, 9.17) is 4.74 Å². The number of aliphatic hydroxyl groups excluding tert-OH is 1. The number of carbonyl (C=O) groups is 1. The number of hydrogen-bond donors (Lipinski definition) is 2. The van der Waals surface area contributed by atoms with E-state index in [-0.39, 0.29) is 17.3 Å². The number of methoxy groups -OCH3 is 1. The largest absolute Gasteiger partial charge is 0.469 e. The number of carbonyl (C=O) groups excluding carboxylic acids is 1. The highest BCUT2D eigenvalue weighted by Gasteiger charge is 2.58. The van der Waals surface area contributed by atoms with Gasteiger partial charge in [0.1, 0.15) is 0 Å². The van der Waals surface area contributed by atoms with Crippen LogP contribution in [-0.2, 0) is 27.0 Å². The van der Waals surface area contributed by atoms with E-state index in [0.717, 1.165) is 18.4 Å². The molecule has 1 aromatic carbocycles. The van der Waals surface area contributed by atoms with Crippen molar-refractivity contribution < 1.29 is 19.7 Å². The molecule has 0 unspecified atom stereocenters. The van der Waals surface area contributed by atoms with Crippen LogP contribution in [0.3, 0.4) is 0 Å². The molecule has 1 fully saturated rings. The molecule has 2 aliphatic carbocycles. The zero-order valence-electron chi connectivity index (χ0n) is 15.9. The number of esters is 1. The van der Waals surface area contributed by atoms with Crippen molar-refractivity contribution in [1.29, 1.82) is 0 Å².